The molecule has 1 N–H and O–H groups in total. The lowest BCUT2D eigenvalue weighted by Crippen LogP contribution is -2.10. The van der Waals surface area contributed by atoms with Crippen molar-refractivity contribution in [2.24, 2.45) is 0 Å². The highest BCUT2D eigenvalue weighted by Crippen LogP contribution is 2.15. The zero-order valence-corrected chi connectivity index (χ0v) is 10.9. The van der Waals surface area contributed by atoms with Gasteiger partial charge in [-0.25, -0.2) is 0 Å². The number of ether oxygens (including phenoxy) is 1. The molecule has 18 heavy (non-hydrogen) atoms. The van der Waals surface area contributed by atoms with Gasteiger partial charge in [0.05, 0.1) is 6.54 Å². The molecule has 0 radical (unpaired) electrons. The van der Waals surface area contributed by atoms with Gasteiger partial charge in [0.1, 0.15) is 23.9 Å². The molecule has 96 valence electrons. The van der Waals surface area contributed by atoms with Gasteiger partial charge in [-0.3, -0.25) is 0 Å². The van der Waals surface area contributed by atoms with Crippen LogP contribution in [0.25, 0.3) is 0 Å². The van der Waals surface area contributed by atoms with Crippen molar-refractivity contribution < 1.29 is 9.15 Å². The van der Waals surface area contributed by atoms with Crippen molar-refractivity contribution in [2.45, 2.75) is 27.0 Å². The molecular formula is C15H19NO2. The lowest BCUT2D eigenvalue weighted by Gasteiger charge is -2.04. The molecule has 0 aliphatic rings. The van der Waals surface area contributed by atoms with Crippen molar-refractivity contribution in [3.05, 3.63) is 53.5 Å². The molecule has 0 saturated carbocycles. The molecule has 0 unspecified atom stereocenters. The summed E-state index contributed by atoms with van der Waals surface area (Å²) in [5, 5.41) is 3.22. The Labute approximate surface area is 108 Å². The highest BCUT2D eigenvalue weighted by molar-refractivity contribution is 5.26. The summed E-state index contributed by atoms with van der Waals surface area (Å²) in [6.45, 7) is 6.31. The first kappa shape index (κ1) is 12.7. The predicted molar refractivity (Wildman–Crippen MR) is 71.6 cm³/mol. The minimum atomic E-state index is 0.467. The van der Waals surface area contributed by atoms with Gasteiger partial charge < -0.3 is 14.5 Å². The molecule has 3 heteroatoms. The van der Waals surface area contributed by atoms with E-state index in [0.29, 0.717) is 6.61 Å². The zero-order valence-electron chi connectivity index (χ0n) is 10.9. The number of hydrogen-bond donors (Lipinski definition) is 1. The summed E-state index contributed by atoms with van der Waals surface area (Å²) in [5.41, 5.74) is 1.23. The zero-order chi connectivity index (χ0) is 12.8. The molecule has 2 aromatic rings. The summed E-state index contributed by atoms with van der Waals surface area (Å²) in [6.07, 6.45) is 0. The van der Waals surface area contributed by atoms with Crippen LogP contribution in [0, 0.1) is 6.92 Å². The maximum atomic E-state index is 5.65. The van der Waals surface area contributed by atoms with Crippen LogP contribution in [0.1, 0.15) is 24.0 Å². The van der Waals surface area contributed by atoms with E-state index in [2.05, 4.69) is 19.2 Å². The quantitative estimate of drug-likeness (QED) is 0.848. The van der Waals surface area contributed by atoms with E-state index in [1.807, 2.05) is 36.4 Å². The molecule has 0 spiro atoms. The highest BCUT2D eigenvalue weighted by atomic mass is 16.5. The van der Waals surface area contributed by atoms with Crippen molar-refractivity contribution in [2.75, 3.05) is 6.54 Å². The topological polar surface area (TPSA) is 34.4 Å². The Hall–Kier alpha value is -1.74. The highest BCUT2D eigenvalue weighted by Gasteiger charge is 2.02. The smallest absolute Gasteiger partial charge is 0.146 e. The van der Waals surface area contributed by atoms with Crippen LogP contribution in [0.15, 0.2) is 40.8 Å². The molecule has 0 bridgehead atoms. The summed E-state index contributed by atoms with van der Waals surface area (Å²) in [5.74, 6) is 2.66. The molecule has 2 rings (SSSR count). The number of hydrogen-bond acceptors (Lipinski definition) is 3. The van der Waals surface area contributed by atoms with E-state index < -0.39 is 0 Å². The third kappa shape index (κ3) is 3.64. The maximum absolute atomic E-state index is 5.65. The average Bonchev–Trinajstić information content (AvgIpc) is 2.84. The monoisotopic (exact) mass is 245 g/mol. The van der Waals surface area contributed by atoms with Gasteiger partial charge in [-0.05, 0) is 37.7 Å². The second kappa shape index (κ2) is 6.26. The maximum Gasteiger partial charge on any atom is 0.146 e. The van der Waals surface area contributed by atoms with Gasteiger partial charge in [-0.2, -0.15) is 0 Å². The van der Waals surface area contributed by atoms with Crippen LogP contribution in [0.5, 0.6) is 5.75 Å². The molecule has 0 atom stereocenters. The Morgan fingerprint density at radius 3 is 2.50 bits per heavy atom. The van der Waals surface area contributed by atoms with Crippen molar-refractivity contribution in [3.63, 3.8) is 0 Å². The SMILES string of the molecule is CCNCc1ccc(COc2ccc(C)cc2)o1. The number of furan rings is 1. The predicted octanol–water partition coefficient (Wildman–Crippen LogP) is 3.28. The van der Waals surface area contributed by atoms with Gasteiger partial charge in [0.15, 0.2) is 0 Å². The summed E-state index contributed by atoms with van der Waals surface area (Å²) >= 11 is 0. The molecule has 0 amide bonds. The van der Waals surface area contributed by atoms with E-state index in [1.54, 1.807) is 0 Å². The second-order valence-electron chi connectivity index (χ2n) is 4.25. The van der Waals surface area contributed by atoms with Crippen LogP contribution in [0.3, 0.4) is 0 Å². The third-order valence-corrected chi connectivity index (χ3v) is 2.67. The Kier molecular flexibility index (Phi) is 4.42. The molecule has 0 aliphatic heterocycles. The summed E-state index contributed by atoms with van der Waals surface area (Å²) in [6, 6.07) is 12.0. The van der Waals surface area contributed by atoms with E-state index in [1.165, 1.54) is 5.56 Å². The molecule has 0 saturated heterocycles. The Bertz CT molecular complexity index is 473. The molecule has 1 aromatic carbocycles. The molecule has 1 aromatic heterocycles. The fourth-order valence-electron chi connectivity index (χ4n) is 1.63. The minimum Gasteiger partial charge on any atom is -0.486 e. The van der Waals surface area contributed by atoms with Gasteiger partial charge in [0.2, 0.25) is 0 Å². The van der Waals surface area contributed by atoms with E-state index in [0.717, 1.165) is 30.4 Å². The lowest BCUT2D eigenvalue weighted by molar-refractivity contribution is 0.265. The fraction of sp³-hybridized carbons (Fsp3) is 0.333. The first-order valence-corrected chi connectivity index (χ1v) is 6.25. The molecule has 3 nitrogen and oxygen atoms in total. The first-order chi connectivity index (χ1) is 8.78. The standard InChI is InChI=1S/C15H19NO2/c1-3-16-10-14-8-9-15(18-14)11-17-13-6-4-12(2)5-7-13/h4-9,16H,3,10-11H2,1-2H3. The Morgan fingerprint density at radius 1 is 1.06 bits per heavy atom. The number of benzene rings is 1. The minimum absolute atomic E-state index is 0.467. The van der Waals surface area contributed by atoms with Crippen molar-refractivity contribution >= 4 is 0 Å². The van der Waals surface area contributed by atoms with Crippen LogP contribution in [0.2, 0.25) is 0 Å². The molecule has 0 fully saturated rings. The van der Waals surface area contributed by atoms with E-state index in [4.69, 9.17) is 9.15 Å². The molecule has 1 heterocycles. The van der Waals surface area contributed by atoms with Crippen LogP contribution in [-0.4, -0.2) is 6.54 Å². The molecule has 0 aliphatic carbocycles. The molecular weight excluding hydrogens is 226 g/mol. The van der Waals surface area contributed by atoms with Crippen molar-refractivity contribution in [1.29, 1.82) is 0 Å². The van der Waals surface area contributed by atoms with Crippen molar-refractivity contribution in [1.82, 2.24) is 5.32 Å². The fourth-order valence-corrected chi connectivity index (χ4v) is 1.63. The van der Waals surface area contributed by atoms with Crippen LogP contribution >= 0.6 is 0 Å². The van der Waals surface area contributed by atoms with E-state index >= 15 is 0 Å². The van der Waals surface area contributed by atoms with E-state index in [9.17, 15) is 0 Å². The average molecular weight is 245 g/mol. The van der Waals surface area contributed by atoms with Crippen LogP contribution < -0.4 is 10.1 Å². The lowest BCUT2D eigenvalue weighted by atomic mass is 10.2. The summed E-state index contributed by atoms with van der Waals surface area (Å²) < 4.78 is 11.3. The summed E-state index contributed by atoms with van der Waals surface area (Å²) in [7, 11) is 0. The van der Waals surface area contributed by atoms with Gasteiger partial charge in [0.25, 0.3) is 0 Å². The van der Waals surface area contributed by atoms with Gasteiger partial charge >= 0.3 is 0 Å². The number of aryl methyl sites for hydroxylation is 1. The second-order valence-corrected chi connectivity index (χ2v) is 4.25. The van der Waals surface area contributed by atoms with Gasteiger partial charge in [-0.15, -0.1) is 0 Å². The van der Waals surface area contributed by atoms with Gasteiger partial charge in [0, 0.05) is 0 Å². The number of nitrogens with one attached hydrogen (secondary N) is 1. The van der Waals surface area contributed by atoms with Crippen LogP contribution in [0.4, 0.5) is 0 Å². The van der Waals surface area contributed by atoms with E-state index in [-0.39, 0.29) is 0 Å². The largest absolute Gasteiger partial charge is 0.486 e. The Morgan fingerprint density at radius 2 is 1.78 bits per heavy atom. The first-order valence-electron chi connectivity index (χ1n) is 6.25. The van der Waals surface area contributed by atoms with Crippen molar-refractivity contribution in [3.8, 4) is 5.75 Å². The number of rotatable bonds is 6. The Balaban J connectivity index is 1.86. The normalized spacial score (nSPS) is 10.6. The van der Waals surface area contributed by atoms with Gasteiger partial charge in [-0.1, -0.05) is 24.6 Å². The summed E-state index contributed by atoms with van der Waals surface area (Å²) in [4.78, 5) is 0. The van der Waals surface area contributed by atoms with Crippen LogP contribution in [-0.2, 0) is 13.2 Å². The third-order valence-electron chi connectivity index (χ3n) is 2.67.